The summed E-state index contributed by atoms with van der Waals surface area (Å²) in [5, 5.41) is 3.90. The lowest BCUT2D eigenvalue weighted by molar-refractivity contribution is 0.0667. The van der Waals surface area contributed by atoms with Gasteiger partial charge >= 0.3 is 0 Å². The summed E-state index contributed by atoms with van der Waals surface area (Å²) < 4.78 is 24.3. The van der Waals surface area contributed by atoms with Gasteiger partial charge in [-0.25, -0.2) is 9.37 Å². The minimum absolute atomic E-state index is 0.0533. The number of pyridine rings is 1. The molecule has 0 unspecified atom stereocenters. The van der Waals surface area contributed by atoms with Crippen molar-refractivity contribution >= 4 is 5.91 Å². The monoisotopic (exact) mass is 396 g/mol. The highest BCUT2D eigenvalue weighted by Gasteiger charge is 2.26. The molecule has 0 bridgehead atoms. The van der Waals surface area contributed by atoms with Gasteiger partial charge in [-0.3, -0.25) is 4.79 Å². The number of hydrogen-bond acceptors (Lipinski definition) is 6. The van der Waals surface area contributed by atoms with Crippen LogP contribution in [-0.4, -0.2) is 46.1 Å². The first-order chi connectivity index (χ1) is 14.1. The van der Waals surface area contributed by atoms with Crippen molar-refractivity contribution in [3.05, 3.63) is 59.9 Å². The minimum atomic E-state index is -0.387. The third-order valence-corrected chi connectivity index (χ3v) is 5.04. The highest BCUT2D eigenvalue weighted by atomic mass is 19.1. The SMILES string of the molecule is COc1ccc(C(=O)N2CCC[C@H](Cc3nc(-c4ccccc4F)no3)C2)cn1. The quantitative estimate of drug-likeness (QED) is 0.658. The molecular weight excluding hydrogens is 375 g/mol. The van der Waals surface area contributed by atoms with Gasteiger partial charge in [0.25, 0.3) is 5.91 Å². The number of carbonyl (C=O) groups is 1. The number of amides is 1. The summed E-state index contributed by atoms with van der Waals surface area (Å²) in [5.41, 5.74) is 0.848. The number of carbonyl (C=O) groups excluding carboxylic acids is 1. The predicted molar refractivity (Wildman–Crippen MR) is 103 cm³/mol. The molecule has 8 heteroatoms. The second-order valence-electron chi connectivity index (χ2n) is 7.04. The zero-order valence-electron chi connectivity index (χ0n) is 16.0. The predicted octanol–water partition coefficient (Wildman–Crippen LogP) is 3.37. The Morgan fingerprint density at radius 1 is 1.31 bits per heavy atom. The zero-order valence-corrected chi connectivity index (χ0v) is 16.0. The molecule has 7 nitrogen and oxygen atoms in total. The summed E-state index contributed by atoms with van der Waals surface area (Å²) in [6, 6.07) is 9.73. The molecule has 29 heavy (non-hydrogen) atoms. The first-order valence-electron chi connectivity index (χ1n) is 9.51. The number of benzene rings is 1. The Hall–Kier alpha value is -3.29. The molecule has 1 aromatic carbocycles. The molecule has 0 N–H and O–H groups in total. The summed E-state index contributed by atoms with van der Waals surface area (Å²) in [6.07, 6.45) is 3.94. The van der Waals surface area contributed by atoms with Gasteiger partial charge in [0.2, 0.25) is 17.6 Å². The number of hydrogen-bond donors (Lipinski definition) is 0. The van der Waals surface area contributed by atoms with E-state index in [2.05, 4.69) is 15.1 Å². The van der Waals surface area contributed by atoms with E-state index in [-0.39, 0.29) is 23.5 Å². The Labute approximate surface area is 167 Å². The third kappa shape index (κ3) is 4.26. The van der Waals surface area contributed by atoms with Crippen molar-refractivity contribution in [1.82, 2.24) is 20.0 Å². The van der Waals surface area contributed by atoms with E-state index in [1.54, 1.807) is 30.3 Å². The number of rotatable bonds is 5. The van der Waals surface area contributed by atoms with E-state index in [1.165, 1.54) is 19.4 Å². The lowest BCUT2D eigenvalue weighted by Crippen LogP contribution is -2.40. The molecule has 1 aliphatic heterocycles. The van der Waals surface area contributed by atoms with Gasteiger partial charge < -0.3 is 14.2 Å². The summed E-state index contributed by atoms with van der Waals surface area (Å²) in [7, 11) is 1.54. The second-order valence-corrected chi connectivity index (χ2v) is 7.04. The molecular formula is C21H21FN4O3. The summed E-state index contributed by atoms with van der Waals surface area (Å²) >= 11 is 0. The second kappa shape index (κ2) is 8.38. The van der Waals surface area contributed by atoms with Crippen molar-refractivity contribution in [3.63, 3.8) is 0 Å². The number of likely N-dealkylation sites (tertiary alicyclic amines) is 1. The van der Waals surface area contributed by atoms with Crippen LogP contribution in [-0.2, 0) is 6.42 Å². The maximum Gasteiger partial charge on any atom is 0.255 e. The van der Waals surface area contributed by atoms with Crippen LogP contribution in [0.5, 0.6) is 5.88 Å². The van der Waals surface area contributed by atoms with E-state index in [9.17, 15) is 9.18 Å². The molecule has 0 saturated carbocycles. The standard InChI is InChI=1S/C21H21FN4O3/c1-28-18-9-8-15(12-23-18)21(27)26-10-4-5-14(13-26)11-19-24-20(25-29-19)16-6-2-3-7-17(16)22/h2-3,6-9,12,14H,4-5,10-11,13H2,1H3/t14-/m1/s1. The first kappa shape index (κ1) is 19.0. The van der Waals surface area contributed by atoms with Crippen molar-refractivity contribution in [3.8, 4) is 17.3 Å². The van der Waals surface area contributed by atoms with Crippen LogP contribution < -0.4 is 4.74 Å². The molecule has 0 radical (unpaired) electrons. The fraction of sp³-hybridized carbons (Fsp3) is 0.333. The molecule has 1 saturated heterocycles. The van der Waals surface area contributed by atoms with Crippen molar-refractivity contribution in [2.45, 2.75) is 19.3 Å². The molecule has 0 aliphatic carbocycles. The summed E-state index contributed by atoms with van der Waals surface area (Å²) in [5.74, 6) is 0.928. The molecule has 2 aromatic heterocycles. The lowest BCUT2D eigenvalue weighted by Gasteiger charge is -2.32. The van der Waals surface area contributed by atoms with Crippen molar-refractivity contribution < 1.29 is 18.4 Å². The molecule has 1 aliphatic rings. The number of ether oxygens (including phenoxy) is 1. The van der Waals surface area contributed by atoms with E-state index in [0.717, 1.165) is 12.8 Å². The molecule has 3 heterocycles. The average Bonchev–Trinajstić information content (AvgIpc) is 3.22. The van der Waals surface area contributed by atoms with Crippen LogP contribution in [0.4, 0.5) is 4.39 Å². The Balaban J connectivity index is 1.41. The van der Waals surface area contributed by atoms with Gasteiger partial charge in [0.05, 0.1) is 18.2 Å². The van der Waals surface area contributed by atoms with Crippen LogP contribution in [0.1, 0.15) is 29.1 Å². The molecule has 150 valence electrons. The Morgan fingerprint density at radius 3 is 2.93 bits per heavy atom. The van der Waals surface area contributed by atoms with Crippen molar-refractivity contribution in [2.75, 3.05) is 20.2 Å². The normalized spacial score (nSPS) is 16.6. The molecule has 0 spiro atoms. The molecule has 3 aromatic rings. The Bertz CT molecular complexity index is 990. The van der Waals surface area contributed by atoms with Gasteiger partial charge in [-0.1, -0.05) is 17.3 Å². The number of piperidine rings is 1. The smallest absolute Gasteiger partial charge is 0.255 e. The van der Waals surface area contributed by atoms with E-state index < -0.39 is 0 Å². The largest absolute Gasteiger partial charge is 0.481 e. The average molecular weight is 396 g/mol. The molecule has 1 atom stereocenters. The van der Waals surface area contributed by atoms with Crippen LogP contribution in [0.25, 0.3) is 11.4 Å². The molecule has 4 rings (SSSR count). The third-order valence-electron chi connectivity index (χ3n) is 5.04. The minimum Gasteiger partial charge on any atom is -0.481 e. The Kier molecular flexibility index (Phi) is 5.50. The van der Waals surface area contributed by atoms with Gasteiger partial charge in [0, 0.05) is 31.8 Å². The Morgan fingerprint density at radius 2 is 2.17 bits per heavy atom. The van der Waals surface area contributed by atoms with E-state index >= 15 is 0 Å². The fourth-order valence-corrected chi connectivity index (χ4v) is 3.56. The summed E-state index contributed by atoms with van der Waals surface area (Å²) in [6.45, 7) is 1.30. The van der Waals surface area contributed by atoms with E-state index in [0.29, 0.717) is 42.4 Å². The number of nitrogens with zero attached hydrogens (tertiary/aromatic N) is 4. The zero-order chi connectivity index (χ0) is 20.2. The van der Waals surface area contributed by atoms with Crippen molar-refractivity contribution in [2.24, 2.45) is 5.92 Å². The van der Waals surface area contributed by atoms with Crippen LogP contribution in [0.3, 0.4) is 0 Å². The van der Waals surface area contributed by atoms with E-state index in [1.807, 2.05) is 4.90 Å². The first-order valence-corrected chi connectivity index (χ1v) is 9.51. The van der Waals surface area contributed by atoms with E-state index in [4.69, 9.17) is 9.26 Å². The van der Waals surface area contributed by atoms with Gasteiger partial charge in [-0.2, -0.15) is 4.98 Å². The molecule has 1 fully saturated rings. The lowest BCUT2D eigenvalue weighted by atomic mass is 9.94. The van der Waals surface area contributed by atoms with Crippen LogP contribution in [0.2, 0.25) is 0 Å². The van der Waals surface area contributed by atoms with Crippen LogP contribution >= 0.6 is 0 Å². The van der Waals surface area contributed by atoms with Gasteiger partial charge in [0.15, 0.2) is 0 Å². The molecule has 1 amide bonds. The summed E-state index contributed by atoms with van der Waals surface area (Å²) in [4.78, 5) is 23.0. The topological polar surface area (TPSA) is 81.4 Å². The number of aromatic nitrogens is 3. The number of methoxy groups -OCH3 is 1. The van der Waals surface area contributed by atoms with Crippen molar-refractivity contribution in [1.29, 1.82) is 0 Å². The highest BCUT2D eigenvalue weighted by Crippen LogP contribution is 2.24. The van der Waals surface area contributed by atoms with Crippen LogP contribution in [0, 0.1) is 11.7 Å². The van der Waals surface area contributed by atoms with Gasteiger partial charge in [0.1, 0.15) is 5.82 Å². The highest BCUT2D eigenvalue weighted by molar-refractivity contribution is 5.94. The maximum absolute atomic E-state index is 13.9. The van der Waals surface area contributed by atoms with Gasteiger partial charge in [-0.15, -0.1) is 0 Å². The van der Waals surface area contributed by atoms with Crippen LogP contribution in [0.15, 0.2) is 47.1 Å². The fourth-order valence-electron chi connectivity index (χ4n) is 3.56. The number of halogens is 1. The maximum atomic E-state index is 13.9. The van der Waals surface area contributed by atoms with Gasteiger partial charge in [-0.05, 0) is 37.0 Å².